The molecule has 7 nitrogen and oxygen atoms in total. The van der Waals surface area contributed by atoms with Crippen LogP contribution >= 0.6 is 0 Å². The molecule has 140 valence electrons. The number of amides is 1. The molecule has 1 atom stereocenters. The molecule has 0 bridgehead atoms. The number of anilines is 1. The zero-order valence-corrected chi connectivity index (χ0v) is 15.1. The van der Waals surface area contributed by atoms with E-state index in [1.807, 2.05) is 0 Å². The van der Waals surface area contributed by atoms with Gasteiger partial charge in [-0.2, -0.15) is 0 Å². The summed E-state index contributed by atoms with van der Waals surface area (Å²) in [5.74, 6) is 0.624. The van der Waals surface area contributed by atoms with Gasteiger partial charge in [-0.25, -0.2) is 4.79 Å². The van der Waals surface area contributed by atoms with E-state index in [0.717, 1.165) is 6.54 Å². The largest absolute Gasteiger partial charge is 0.415 e. The first-order chi connectivity index (χ1) is 13.0. The quantitative estimate of drug-likeness (QED) is 0.607. The molecule has 7 heteroatoms. The lowest BCUT2D eigenvalue weighted by Crippen LogP contribution is -2.49. The highest BCUT2D eigenvalue weighted by molar-refractivity contribution is 5.72. The first-order valence-corrected chi connectivity index (χ1v) is 9.09. The summed E-state index contributed by atoms with van der Waals surface area (Å²) in [4.78, 5) is 26.4. The first-order valence-electron chi connectivity index (χ1n) is 9.09. The molecule has 0 radical (unpaired) electrons. The van der Waals surface area contributed by atoms with Crippen LogP contribution in [-0.2, 0) is 0 Å². The lowest BCUT2D eigenvalue weighted by molar-refractivity contribution is -0.384. The average molecular weight is 367 g/mol. The van der Waals surface area contributed by atoms with Gasteiger partial charge >= 0.3 is 6.09 Å². The molecule has 2 aliphatic rings. The van der Waals surface area contributed by atoms with Gasteiger partial charge < -0.3 is 14.5 Å². The number of carbonyl (C=O) groups excluding carboxylic acids is 1. The molecule has 4 rings (SSSR count). The van der Waals surface area contributed by atoms with Gasteiger partial charge in [-0.15, -0.1) is 0 Å². The highest BCUT2D eigenvalue weighted by Gasteiger charge is 2.33. The Bertz CT molecular complexity index is 845. The molecule has 2 fully saturated rings. The van der Waals surface area contributed by atoms with Crippen molar-refractivity contribution < 1.29 is 14.5 Å². The molecule has 2 saturated heterocycles. The number of benzene rings is 2. The Kier molecular flexibility index (Phi) is 4.43. The molecule has 2 aromatic carbocycles. The minimum absolute atomic E-state index is 0.0325. The number of nitrogens with zero attached hydrogens (tertiary/aromatic N) is 3. The fraction of sp³-hybridized carbons (Fsp3) is 0.350. The second kappa shape index (κ2) is 6.90. The van der Waals surface area contributed by atoms with E-state index in [9.17, 15) is 14.9 Å². The van der Waals surface area contributed by atoms with Gasteiger partial charge in [-0.1, -0.05) is 12.1 Å². The van der Waals surface area contributed by atoms with Crippen LogP contribution in [0.5, 0.6) is 5.75 Å². The van der Waals surface area contributed by atoms with E-state index in [0.29, 0.717) is 30.8 Å². The Labute approximate surface area is 157 Å². The van der Waals surface area contributed by atoms with Crippen molar-refractivity contribution >= 4 is 17.5 Å². The normalized spacial score (nSPS) is 19.2. The first kappa shape index (κ1) is 17.3. The fourth-order valence-corrected chi connectivity index (χ4v) is 3.48. The maximum Gasteiger partial charge on any atom is 0.415 e. The van der Waals surface area contributed by atoms with Crippen LogP contribution in [0.2, 0.25) is 0 Å². The molecule has 1 amide bonds. The van der Waals surface area contributed by atoms with E-state index in [1.54, 1.807) is 4.90 Å². The Morgan fingerprint density at radius 1 is 1.11 bits per heavy atom. The van der Waals surface area contributed by atoms with Crippen molar-refractivity contribution in [1.82, 2.24) is 4.90 Å². The summed E-state index contributed by atoms with van der Waals surface area (Å²) >= 11 is 0. The highest BCUT2D eigenvalue weighted by atomic mass is 16.6. The third-order valence-electron chi connectivity index (χ3n) is 5.41. The number of likely N-dealkylation sites (tertiary alicyclic amines) is 1. The SMILES string of the molecule is CC1CCN1c1ccc(C2CN(C(=O)Oc3ccc([N+](=O)[O-])cc3)C2)cc1. The predicted octanol–water partition coefficient (Wildman–Crippen LogP) is 3.79. The molecule has 2 heterocycles. The van der Waals surface area contributed by atoms with Crippen LogP contribution in [0.4, 0.5) is 16.2 Å². The number of hydrogen-bond acceptors (Lipinski definition) is 5. The van der Waals surface area contributed by atoms with Crippen LogP contribution in [0.25, 0.3) is 0 Å². The summed E-state index contributed by atoms with van der Waals surface area (Å²) in [5, 5.41) is 10.7. The molecule has 2 aromatic rings. The smallest absolute Gasteiger partial charge is 0.410 e. The Hall–Kier alpha value is -3.09. The van der Waals surface area contributed by atoms with Gasteiger partial charge in [0.1, 0.15) is 5.75 Å². The van der Waals surface area contributed by atoms with E-state index < -0.39 is 11.0 Å². The summed E-state index contributed by atoms with van der Waals surface area (Å²) in [7, 11) is 0. The van der Waals surface area contributed by atoms with Gasteiger partial charge in [0.2, 0.25) is 0 Å². The summed E-state index contributed by atoms with van der Waals surface area (Å²) in [5.41, 5.74) is 2.45. The number of nitro groups is 1. The Morgan fingerprint density at radius 3 is 2.30 bits per heavy atom. The predicted molar refractivity (Wildman–Crippen MR) is 101 cm³/mol. The summed E-state index contributed by atoms with van der Waals surface area (Å²) in [6.07, 6.45) is 0.821. The molecule has 0 N–H and O–H groups in total. The molecular formula is C20H21N3O4. The molecule has 0 aromatic heterocycles. The maximum atomic E-state index is 12.2. The van der Waals surface area contributed by atoms with Crippen molar-refractivity contribution in [3.8, 4) is 5.75 Å². The minimum atomic E-state index is -0.487. The molecule has 2 aliphatic heterocycles. The van der Waals surface area contributed by atoms with Crippen LogP contribution in [0, 0.1) is 10.1 Å². The second-order valence-electron chi connectivity index (χ2n) is 7.14. The summed E-state index contributed by atoms with van der Waals surface area (Å²) in [6, 6.07) is 14.7. The number of non-ortho nitro benzene ring substituents is 1. The van der Waals surface area contributed by atoms with Crippen LogP contribution in [0.3, 0.4) is 0 Å². The van der Waals surface area contributed by atoms with E-state index in [-0.39, 0.29) is 5.69 Å². The van der Waals surface area contributed by atoms with Crippen molar-refractivity contribution in [2.24, 2.45) is 0 Å². The molecule has 27 heavy (non-hydrogen) atoms. The standard InChI is InChI=1S/C20H21N3O4/c1-14-10-11-22(14)17-4-2-15(3-5-17)16-12-21(13-16)20(24)27-19-8-6-18(7-9-19)23(25)26/h2-9,14,16H,10-13H2,1H3. The highest BCUT2D eigenvalue weighted by Crippen LogP contribution is 2.31. The molecule has 0 spiro atoms. The third-order valence-corrected chi connectivity index (χ3v) is 5.41. The van der Waals surface area contributed by atoms with Crippen molar-refractivity contribution in [1.29, 1.82) is 0 Å². The zero-order valence-electron chi connectivity index (χ0n) is 15.1. The van der Waals surface area contributed by atoms with E-state index in [2.05, 4.69) is 36.1 Å². The zero-order chi connectivity index (χ0) is 19.0. The van der Waals surface area contributed by atoms with Gasteiger partial charge in [-0.3, -0.25) is 10.1 Å². The number of hydrogen-bond donors (Lipinski definition) is 0. The van der Waals surface area contributed by atoms with Crippen LogP contribution in [0.15, 0.2) is 48.5 Å². The van der Waals surface area contributed by atoms with E-state index in [1.165, 1.54) is 41.9 Å². The van der Waals surface area contributed by atoms with Gasteiger partial charge in [0.15, 0.2) is 0 Å². The summed E-state index contributed by atoms with van der Waals surface area (Å²) in [6.45, 7) is 4.58. The van der Waals surface area contributed by atoms with E-state index >= 15 is 0 Å². The van der Waals surface area contributed by atoms with Gasteiger partial charge in [-0.05, 0) is 43.2 Å². The molecule has 0 aliphatic carbocycles. The monoisotopic (exact) mass is 367 g/mol. The van der Waals surface area contributed by atoms with Crippen molar-refractivity contribution in [3.63, 3.8) is 0 Å². The maximum absolute atomic E-state index is 12.2. The Balaban J connectivity index is 1.29. The fourth-order valence-electron chi connectivity index (χ4n) is 3.48. The average Bonchev–Trinajstić information content (AvgIpc) is 2.61. The van der Waals surface area contributed by atoms with E-state index in [4.69, 9.17) is 4.74 Å². The van der Waals surface area contributed by atoms with Crippen LogP contribution in [0.1, 0.15) is 24.8 Å². The van der Waals surface area contributed by atoms with Gasteiger partial charge in [0.05, 0.1) is 4.92 Å². The molecule has 0 saturated carbocycles. The number of ether oxygens (including phenoxy) is 1. The minimum Gasteiger partial charge on any atom is -0.410 e. The van der Waals surface area contributed by atoms with Crippen molar-refractivity contribution in [2.45, 2.75) is 25.3 Å². The van der Waals surface area contributed by atoms with Gasteiger partial charge in [0.25, 0.3) is 5.69 Å². The third kappa shape index (κ3) is 3.45. The number of nitro benzene ring substituents is 1. The molecule has 1 unspecified atom stereocenters. The topological polar surface area (TPSA) is 75.9 Å². The lowest BCUT2D eigenvalue weighted by Gasteiger charge is -2.41. The van der Waals surface area contributed by atoms with Crippen LogP contribution in [-0.4, -0.2) is 41.6 Å². The second-order valence-corrected chi connectivity index (χ2v) is 7.14. The lowest BCUT2D eigenvalue weighted by atomic mass is 9.91. The molecular weight excluding hydrogens is 346 g/mol. The summed E-state index contributed by atoms with van der Waals surface area (Å²) < 4.78 is 5.28. The Morgan fingerprint density at radius 2 is 1.78 bits per heavy atom. The van der Waals surface area contributed by atoms with Crippen molar-refractivity contribution in [3.05, 3.63) is 64.2 Å². The van der Waals surface area contributed by atoms with Crippen LogP contribution < -0.4 is 9.64 Å². The van der Waals surface area contributed by atoms with Crippen molar-refractivity contribution in [2.75, 3.05) is 24.5 Å². The number of carbonyl (C=O) groups is 1. The van der Waals surface area contributed by atoms with Gasteiger partial charge in [0, 0.05) is 49.4 Å². The number of rotatable bonds is 4.